The molecule has 1 aliphatic heterocycles. The van der Waals surface area contributed by atoms with E-state index in [2.05, 4.69) is 20.4 Å². The van der Waals surface area contributed by atoms with Crippen LogP contribution in [0.15, 0.2) is 35.1 Å². The minimum Gasteiger partial charge on any atom is -0.368 e. The van der Waals surface area contributed by atoms with Gasteiger partial charge in [0.1, 0.15) is 5.76 Å². The number of hydrogen-bond acceptors (Lipinski definition) is 6. The van der Waals surface area contributed by atoms with Gasteiger partial charge >= 0.3 is 0 Å². The quantitative estimate of drug-likeness (QED) is 0.797. The number of thioether (sulfide) groups is 1. The van der Waals surface area contributed by atoms with Gasteiger partial charge in [-0.25, -0.2) is 4.98 Å². The molecule has 144 valence electrons. The number of aryl methyl sites for hydroxylation is 1. The topological polar surface area (TPSA) is 92.8 Å². The van der Waals surface area contributed by atoms with E-state index in [4.69, 9.17) is 4.52 Å². The van der Waals surface area contributed by atoms with Gasteiger partial charge in [-0.3, -0.25) is 9.59 Å². The fourth-order valence-corrected chi connectivity index (χ4v) is 3.60. The molecule has 0 aliphatic carbocycles. The summed E-state index contributed by atoms with van der Waals surface area (Å²) in [4.78, 5) is 31.8. The van der Waals surface area contributed by atoms with Crippen LogP contribution in [0.4, 0.5) is 11.5 Å². The van der Waals surface area contributed by atoms with E-state index in [1.807, 2.05) is 29.4 Å². The first-order valence-corrected chi connectivity index (χ1v) is 9.92. The molecule has 0 unspecified atom stereocenters. The van der Waals surface area contributed by atoms with Crippen molar-refractivity contribution < 1.29 is 19.1 Å². The number of nitrogens with zero attached hydrogens (tertiary/aromatic N) is 3. The summed E-state index contributed by atoms with van der Waals surface area (Å²) in [6.07, 6.45) is 3.80. The summed E-state index contributed by atoms with van der Waals surface area (Å²) in [7, 11) is 0. The highest BCUT2D eigenvalue weighted by Gasteiger charge is 2.23. The van der Waals surface area contributed by atoms with Crippen LogP contribution in [-0.4, -0.2) is 59.1 Å². The van der Waals surface area contributed by atoms with Gasteiger partial charge in [0, 0.05) is 50.1 Å². The minimum absolute atomic E-state index is 0.0676. The summed E-state index contributed by atoms with van der Waals surface area (Å²) in [5.41, 5.74) is 1.16. The van der Waals surface area contributed by atoms with Crippen LogP contribution in [0, 0.1) is 6.92 Å². The third-order valence-electron chi connectivity index (χ3n) is 4.40. The van der Waals surface area contributed by atoms with Gasteiger partial charge in [-0.2, -0.15) is 0 Å². The van der Waals surface area contributed by atoms with E-state index in [1.54, 1.807) is 19.9 Å². The third kappa shape index (κ3) is 5.22. The van der Waals surface area contributed by atoms with Crippen molar-refractivity contribution in [3.8, 4) is 0 Å². The number of piperazine rings is 1. The van der Waals surface area contributed by atoms with E-state index < -0.39 is 0 Å². The van der Waals surface area contributed by atoms with Crippen LogP contribution in [0.2, 0.25) is 0 Å². The molecule has 0 spiro atoms. The number of pyridine rings is 1. The first kappa shape index (κ1) is 19.2. The van der Waals surface area contributed by atoms with Gasteiger partial charge < -0.3 is 19.6 Å². The van der Waals surface area contributed by atoms with Gasteiger partial charge in [-0.05, 0) is 13.8 Å². The largest absolute Gasteiger partial charge is 0.368 e. The predicted octanol–water partition coefficient (Wildman–Crippen LogP) is 1.21. The van der Waals surface area contributed by atoms with Crippen molar-refractivity contribution in [2.24, 2.45) is 0 Å². The average molecular weight is 390 g/mol. The Morgan fingerprint density at radius 1 is 1.30 bits per heavy atom. The molecule has 1 atom stereocenters. The van der Waals surface area contributed by atoms with Crippen LogP contribution in [0.1, 0.15) is 12.7 Å². The Morgan fingerprint density at radius 2 is 2.00 bits per heavy atom. The molecule has 2 aromatic heterocycles. The Morgan fingerprint density at radius 3 is 2.63 bits per heavy atom. The average Bonchev–Trinajstić information content (AvgIpc) is 3.11. The van der Waals surface area contributed by atoms with Crippen molar-refractivity contribution in [1.29, 1.82) is 0 Å². The first-order chi connectivity index (χ1) is 13.0. The molecule has 0 bridgehead atoms. The lowest BCUT2D eigenvalue weighted by atomic mass is 10.2. The van der Waals surface area contributed by atoms with Crippen molar-refractivity contribution in [2.75, 3.05) is 42.1 Å². The summed E-state index contributed by atoms with van der Waals surface area (Å²) in [5.74, 6) is 1.19. The Bertz CT molecular complexity index is 774. The lowest BCUT2D eigenvalue weighted by Gasteiger charge is -2.35. The summed E-state index contributed by atoms with van der Waals surface area (Å²) < 4.78 is 4.93. The fraction of sp³-hybridized carbons (Fsp3) is 0.444. The van der Waals surface area contributed by atoms with E-state index in [9.17, 15) is 9.59 Å². The molecule has 2 N–H and O–H groups in total. The molecule has 1 aliphatic rings. The molecule has 9 heteroatoms. The molecule has 0 saturated carbocycles. The van der Waals surface area contributed by atoms with E-state index in [1.165, 1.54) is 11.8 Å². The maximum absolute atomic E-state index is 12.5. The number of anilines is 2. The van der Waals surface area contributed by atoms with Gasteiger partial charge in [0.15, 0.2) is 18.2 Å². The number of nitrogens with one attached hydrogen (secondary N) is 2. The second kappa shape index (κ2) is 8.90. The van der Waals surface area contributed by atoms with Gasteiger partial charge in [0.2, 0.25) is 11.8 Å². The number of rotatable bonds is 6. The van der Waals surface area contributed by atoms with Crippen LogP contribution < -0.4 is 15.2 Å². The number of aromatic nitrogens is 2. The molecule has 2 amide bonds. The Hall–Kier alpha value is -2.55. The molecule has 0 aromatic carbocycles. The third-order valence-corrected chi connectivity index (χ3v) is 5.53. The highest BCUT2D eigenvalue weighted by Crippen LogP contribution is 2.17. The summed E-state index contributed by atoms with van der Waals surface area (Å²) >= 11 is 1.33. The molecule has 8 nitrogen and oxygen atoms in total. The standard InChI is InChI=1S/C18H23N5O3S/c1-13-11-16(21-26-13)20-18(25)14(2)27-12-17(24)23-9-7-22(8-10-23)15-3-5-19-6-4-15/h3-6,11,14H,7-10,12H2,1-2H3,(H,20,21,25)/p+1/t14-/m1/s1. The van der Waals surface area contributed by atoms with Crippen LogP contribution in [0.25, 0.3) is 0 Å². The zero-order valence-electron chi connectivity index (χ0n) is 15.5. The number of amides is 2. The molecule has 2 aromatic rings. The highest BCUT2D eigenvalue weighted by atomic mass is 32.2. The number of hydrogen-bond donors (Lipinski definition) is 1. The van der Waals surface area contributed by atoms with E-state index in [0.717, 1.165) is 18.8 Å². The lowest BCUT2D eigenvalue weighted by molar-refractivity contribution is -0.377. The van der Waals surface area contributed by atoms with Gasteiger partial charge in [0.05, 0.1) is 11.0 Å². The fourth-order valence-electron chi connectivity index (χ4n) is 2.82. The molecule has 27 heavy (non-hydrogen) atoms. The smallest absolute Gasteiger partial charge is 0.238 e. The first-order valence-electron chi connectivity index (χ1n) is 8.87. The Balaban J connectivity index is 1.41. The van der Waals surface area contributed by atoms with Crippen LogP contribution in [0.5, 0.6) is 0 Å². The molecule has 3 heterocycles. The Labute approximate surface area is 162 Å². The van der Waals surface area contributed by atoms with Crippen molar-refractivity contribution >= 4 is 35.1 Å². The lowest BCUT2D eigenvalue weighted by Crippen LogP contribution is -2.49. The normalized spacial score (nSPS) is 15.5. The van der Waals surface area contributed by atoms with Gasteiger partial charge in [-0.1, -0.05) is 5.16 Å². The molecule has 3 rings (SSSR count). The number of H-pyrrole nitrogens is 1. The second-order valence-electron chi connectivity index (χ2n) is 6.39. The minimum atomic E-state index is -0.354. The zero-order valence-corrected chi connectivity index (χ0v) is 16.3. The van der Waals surface area contributed by atoms with Crippen molar-refractivity contribution in [3.05, 3.63) is 36.4 Å². The molecular formula is C18H24N5O3S+. The van der Waals surface area contributed by atoms with Gasteiger partial charge in [0.25, 0.3) is 0 Å². The maximum Gasteiger partial charge on any atom is 0.238 e. The molecule has 1 fully saturated rings. The van der Waals surface area contributed by atoms with Gasteiger partial charge in [-0.15, -0.1) is 11.8 Å². The summed E-state index contributed by atoms with van der Waals surface area (Å²) in [6, 6.07) is 5.72. The van der Waals surface area contributed by atoms with E-state index in [0.29, 0.717) is 24.7 Å². The van der Waals surface area contributed by atoms with E-state index >= 15 is 0 Å². The maximum atomic E-state index is 12.5. The number of aromatic amines is 1. The van der Waals surface area contributed by atoms with E-state index in [-0.39, 0.29) is 22.8 Å². The van der Waals surface area contributed by atoms with Crippen LogP contribution in [0.3, 0.4) is 0 Å². The number of carbonyl (C=O) groups excluding carboxylic acids is 2. The molecule has 0 radical (unpaired) electrons. The van der Waals surface area contributed by atoms with Crippen LogP contribution in [-0.2, 0) is 9.59 Å². The van der Waals surface area contributed by atoms with Crippen molar-refractivity contribution in [3.63, 3.8) is 0 Å². The molecule has 1 saturated heterocycles. The van der Waals surface area contributed by atoms with Crippen molar-refractivity contribution in [1.82, 2.24) is 10.1 Å². The molecular weight excluding hydrogens is 366 g/mol. The Kier molecular flexibility index (Phi) is 6.33. The SMILES string of the molecule is Cc1cc(NC(=O)[C@@H](C)SCC(=O)N2CCN(c3cc[nH+]cc3)CC2)no1. The second-order valence-corrected chi connectivity index (χ2v) is 7.72. The monoisotopic (exact) mass is 390 g/mol. The van der Waals surface area contributed by atoms with Crippen LogP contribution >= 0.6 is 11.8 Å². The number of carbonyl (C=O) groups is 2. The highest BCUT2D eigenvalue weighted by molar-refractivity contribution is 8.01. The summed E-state index contributed by atoms with van der Waals surface area (Å²) in [6.45, 7) is 6.54. The van der Waals surface area contributed by atoms with Crippen molar-refractivity contribution in [2.45, 2.75) is 19.1 Å². The zero-order chi connectivity index (χ0) is 19.2. The summed E-state index contributed by atoms with van der Waals surface area (Å²) in [5, 5.41) is 6.08. The predicted molar refractivity (Wildman–Crippen MR) is 104 cm³/mol.